The highest BCUT2D eigenvalue weighted by Gasteiger charge is 2.29. The van der Waals surface area contributed by atoms with Crippen LogP contribution in [0.1, 0.15) is 48.9 Å². The van der Waals surface area contributed by atoms with Gasteiger partial charge in [0, 0.05) is 49.9 Å². The Hall–Kier alpha value is -4.22. The molecule has 1 aliphatic carbocycles. The van der Waals surface area contributed by atoms with Crippen LogP contribution in [0.25, 0.3) is 11.1 Å². The van der Waals surface area contributed by atoms with Crippen LogP contribution in [-0.4, -0.2) is 63.5 Å². The first-order chi connectivity index (χ1) is 20.9. The highest BCUT2D eigenvalue weighted by molar-refractivity contribution is 6.83. The van der Waals surface area contributed by atoms with E-state index in [2.05, 4.69) is 77.7 Å². The van der Waals surface area contributed by atoms with Gasteiger partial charge < -0.3 is 24.6 Å². The first-order valence-electron chi connectivity index (χ1n) is 15.4. The summed E-state index contributed by atoms with van der Waals surface area (Å²) in [7, 11) is -1.59. The molecule has 44 heavy (non-hydrogen) atoms. The molecule has 1 saturated heterocycles. The van der Waals surface area contributed by atoms with Crippen molar-refractivity contribution in [3.63, 3.8) is 0 Å². The number of fused-ring (bicyclic) bond motifs is 3. The maximum absolute atomic E-state index is 12.9. The summed E-state index contributed by atoms with van der Waals surface area (Å²) in [5.41, 5.74) is 10.6. The largest absolute Gasteiger partial charge is 0.449 e. The number of nitrogens with zero attached hydrogens (tertiary/aromatic N) is 2. The number of carbonyl (C=O) groups is 2. The highest BCUT2D eigenvalue weighted by atomic mass is 28.3. The fraction of sp³-hybridized carbons (Fsp3) is 0.389. The summed E-state index contributed by atoms with van der Waals surface area (Å²) in [5, 5.41) is 2.96. The van der Waals surface area contributed by atoms with Crippen molar-refractivity contribution in [3.8, 4) is 22.6 Å². The predicted molar refractivity (Wildman–Crippen MR) is 179 cm³/mol. The Labute approximate surface area is 262 Å². The van der Waals surface area contributed by atoms with Crippen LogP contribution < -0.4 is 10.2 Å². The molecule has 2 amide bonds. The summed E-state index contributed by atoms with van der Waals surface area (Å²) in [5.74, 6) is 3.40. The van der Waals surface area contributed by atoms with Gasteiger partial charge in [-0.2, -0.15) is 0 Å². The third kappa shape index (κ3) is 7.83. The van der Waals surface area contributed by atoms with Crippen molar-refractivity contribution in [1.82, 2.24) is 10.2 Å². The zero-order valence-electron chi connectivity index (χ0n) is 26.7. The Morgan fingerprint density at radius 1 is 0.909 bits per heavy atom. The number of anilines is 1. The lowest BCUT2D eigenvalue weighted by molar-refractivity contribution is 0.0240. The summed E-state index contributed by atoms with van der Waals surface area (Å²) in [6.07, 6.45) is -0.724. The first-order valence-corrected chi connectivity index (χ1v) is 18.9. The standard InChI is InChI=1S/C36H43N3O4Si/c1-36(2,3)43-35(41)39-18-16-38(17-19-39)28-22-26(15-20-44(4,5)6)21-27(23-28)24-37-34(40)42-25-33-31-13-9-7-11-29(31)30-12-8-10-14-32(30)33/h7-14,21-23,33H,16-19,24-25H2,1-6H3,(H,37,40). The molecule has 0 radical (unpaired) electrons. The van der Waals surface area contributed by atoms with Gasteiger partial charge in [-0.05, 0) is 66.8 Å². The van der Waals surface area contributed by atoms with Crippen LogP contribution in [0.2, 0.25) is 19.6 Å². The van der Waals surface area contributed by atoms with Gasteiger partial charge >= 0.3 is 12.2 Å². The topological polar surface area (TPSA) is 71.1 Å². The lowest BCUT2D eigenvalue weighted by Crippen LogP contribution is -2.50. The second-order valence-electron chi connectivity index (χ2n) is 13.5. The number of nitrogens with one attached hydrogen (secondary N) is 1. The molecular weight excluding hydrogens is 566 g/mol. The molecule has 0 bridgehead atoms. The molecule has 3 aromatic rings. The number of hydrogen-bond donors (Lipinski definition) is 1. The maximum Gasteiger partial charge on any atom is 0.410 e. The summed E-state index contributed by atoms with van der Waals surface area (Å²) >= 11 is 0. The molecule has 230 valence electrons. The van der Waals surface area contributed by atoms with E-state index < -0.39 is 19.8 Å². The van der Waals surface area contributed by atoms with Crippen LogP contribution in [0.4, 0.5) is 15.3 Å². The van der Waals surface area contributed by atoms with E-state index >= 15 is 0 Å². The lowest BCUT2D eigenvalue weighted by Gasteiger charge is -2.37. The Kier molecular flexibility index (Phi) is 9.07. The summed E-state index contributed by atoms with van der Waals surface area (Å²) in [6, 6.07) is 22.9. The average molecular weight is 610 g/mol. The Morgan fingerprint density at radius 2 is 1.52 bits per heavy atom. The monoisotopic (exact) mass is 609 g/mol. The van der Waals surface area contributed by atoms with Crippen LogP contribution in [0.3, 0.4) is 0 Å². The maximum atomic E-state index is 12.9. The van der Waals surface area contributed by atoms with E-state index in [1.54, 1.807) is 4.90 Å². The molecule has 1 N–H and O–H groups in total. The first kappa shape index (κ1) is 31.2. The average Bonchev–Trinajstić information content (AvgIpc) is 3.30. The second kappa shape index (κ2) is 12.8. The smallest absolute Gasteiger partial charge is 0.410 e. The van der Waals surface area contributed by atoms with Gasteiger partial charge in [-0.1, -0.05) is 74.1 Å². The van der Waals surface area contributed by atoms with Gasteiger partial charge in [-0.25, -0.2) is 9.59 Å². The van der Waals surface area contributed by atoms with Gasteiger partial charge in [0.15, 0.2) is 0 Å². The molecule has 5 rings (SSSR count). The van der Waals surface area contributed by atoms with Crippen molar-refractivity contribution in [2.24, 2.45) is 0 Å². The van der Waals surface area contributed by atoms with E-state index in [1.165, 1.54) is 22.3 Å². The number of rotatable bonds is 5. The number of benzene rings is 3. The van der Waals surface area contributed by atoms with Crippen LogP contribution in [0, 0.1) is 11.5 Å². The van der Waals surface area contributed by atoms with Gasteiger partial charge in [0.2, 0.25) is 0 Å². The van der Waals surface area contributed by atoms with E-state index in [0.29, 0.717) is 32.7 Å². The van der Waals surface area contributed by atoms with Crippen molar-refractivity contribution in [2.45, 2.75) is 58.5 Å². The van der Waals surface area contributed by atoms with E-state index in [0.717, 1.165) is 16.8 Å². The molecule has 1 aliphatic heterocycles. The van der Waals surface area contributed by atoms with Crippen LogP contribution in [-0.2, 0) is 16.0 Å². The van der Waals surface area contributed by atoms with Crippen molar-refractivity contribution in [1.29, 1.82) is 0 Å². The van der Waals surface area contributed by atoms with Crippen LogP contribution in [0.5, 0.6) is 0 Å². The molecular formula is C36H43N3O4Si. The Bertz CT molecular complexity index is 1540. The molecule has 0 aromatic heterocycles. The van der Waals surface area contributed by atoms with Gasteiger partial charge in [0.1, 0.15) is 20.3 Å². The molecule has 0 atom stereocenters. The molecule has 0 unspecified atom stereocenters. The molecule has 2 aliphatic rings. The molecule has 0 spiro atoms. The Balaban J connectivity index is 1.25. The molecule has 7 nitrogen and oxygen atoms in total. The summed E-state index contributed by atoms with van der Waals surface area (Å²) in [6.45, 7) is 15.4. The molecule has 1 heterocycles. The lowest BCUT2D eigenvalue weighted by atomic mass is 9.98. The minimum atomic E-state index is -1.59. The number of amides is 2. The number of hydrogen-bond acceptors (Lipinski definition) is 5. The van der Waals surface area contributed by atoms with E-state index in [4.69, 9.17) is 9.47 Å². The van der Waals surface area contributed by atoms with Crippen molar-refractivity contribution < 1.29 is 19.1 Å². The van der Waals surface area contributed by atoms with E-state index in [-0.39, 0.29) is 18.6 Å². The van der Waals surface area contributed by atoms with Gasteiger partial charge in [-0.3, -0.25) is 0 Å². The van der Waals surface area contributed by atoms with Gasteiger partial charge in [-0.15, -0.1) is 5.54 Å². The minimum Gasteiger partial charge on any atom is -0.449 e. The van der Waals surface area contributed by atoms with E-state index in [1.807, 2.05) is 51.1 Å². The Morgan fingerprint density at radius 3 is 2.11 bits per heavy atom. The predicted octanol–water partition coefficient (Wildman–Crippen LogP) is 7.01. The third-order valence-electron chi connectivity index (χ3n) is 7.64. The molecule has 1 fully saturated rings. The number of carbonyl (C=O) groups excluding carboxylic acids is 2. The van der Waals surface area contributed by atoms with Gasteiger partial charge in [0.25, 0.3) is 0 Å². The van der Waals surface area contributed by atoms with Crippen molar-refractivity contribution in [3.05, 3.63) is 89.0 Å². The zero-order chi connectivity index (χ0) is 31.5. The number of ether oxygens (including phenoxy) is 2. The zero-order valence-corrected chi connectivity index (χ0v) is 27.7. The van der Waals surface area contributed by atoms with Gasteiger partial charge in [0.05, 0.1) is 0 Å². The molecule has 3 aromatic carbocycles. The summed E-state index contributed by atoms with van der Waals surface area (Å²) in [4.78, 5) is 29.5. The third-order valence-corrected chi connectivity index (χ3v) is 8.51. The fourth-order valence-electron chi connectivity index (χ4n) is 5.59. The SMILES string of the molecule is CC(C)(C)OC(=O)N1CCN(c2cc(C#C[Si](C)(C)C)cc(CNC(=O)OCC3c4ccccc4-c4ccccc43)c2)CC1. The molecule has 8 heteroatoms. The normalized spacial score (nSPS) is 14.7. The summed E-state index contributed by atoms with van der Waals surface area (Å²) < 4.78 is 11.3. The minimum absolute atomic E-state index is 0.0132. The van der Waals surface area contributed by atoms with Crippen LogP contribution >= 0.6 is 0 Å². The number of alkyl carbamates (subject to hydrolysis) is 1. The van der Waals surface area contributed by atoms with Crippen molar-refractivity contribution in [2.75, 3.05) is 37.7 Å². The van der Waals surface area contributed by atoms with Crippen LogP contribution in [0.15, 0.2) is 66.7 Å². The van der Waals surface area contributed by atoms with E-state index in [9.17, 15) is 9.59 Å². The quantitative estimate of drug-likeness (QED) is 0.249. The number of piperazine rings is 1. The van der Waals surface area contributed by atoms with Crippen molar-refractivity contribution >= 4 is 25.9 Å². The highest BCUT2D eigenvalue weighted by Crippen LogP contribution is 2.44. The fourth-order valence-corrected chi connectivity index (χ4v) is 6.11. The molecule has 0 saturated carbocycles. The second-order valence-corrected chi connectivity index (χ2v) is 18.3.